The number of guanidine groups is 1. The fourth-order valence-corrected chi connectivity index (χ4v) is 4.60. The number of aliphatic imine (C=N–C) groups is 1. The van der Waals surface area contributed by atoms with Crippen LogP contribution in [0.2, 0.25) is 0 Å². The third-order valence-electron chi connectivity index (χ3n) is 6.17. The number of carbonyl (C=O) groups excluding carboxylic acids is 1. The number of halogens is 1. The lowest BCUT2D eigenvalue weighted by molar-refractivity contribution is -0.125. The zero-order valence-electron chi connectivity index (χ0n) is 17.1. The van der Waals surface area contributed by atoms with Crippen LogP contribution in [0.1, 0.15) is 23.1 Å². The summed E-state index contributed by atoms with van der Waals surface area (Å²) >= 11 is 0. The second kappa shape index (κ2) is 7.69. The molecule has 3 aliphatic rings. The molecule has 5 nitrogen and oxygen atoms in total. The van der Waals surface area contributed by atoms with E-state index in [2.05, 4.69) is 39.1 Å². The van der Waals surface area contributed by atoms with Gasteiger partial charge in [-0.2, -0.15) is 0 Å². The fourth-order valence-electron chi connectivity index (χ4n) is 4.60. The molecule has 2 aromatic rings. The molecule has 0 saturated carbocycles. The molecule has 0 saturated heterocycles. The Balaban J connectivity index is 1.42. The summed E-state index contributed by atoms with van der Waals surface area (Å²) in [5, 5.41) is 0. The zero-order chi connectivity index (χ0) is 20.7. The molecule has 2 aromatic carbocycles. The van der Waals surface area contributed by atoms with E-state index in [9.17, 15) is 9.18 Å². The standard InChI is InChI=1S/C24H25FN4O/c1-17-13-20(25)8-7-19(17)15-29-23(30)21-16-27(14-18-5-3-2-4-6-18)11-9-22(21)28-12-10-26-24(28)29/h2-8,13H,9-12,14-16H2,1H3. The minimum absolute atomic E-state index is 0.0309. The van der Waals surface area contributed by atoms with Crippen molar-refractivity contribution in [2.75, 3.05) is 26.2 Å². The lowest BCUT2D eigenvalue weighted by Crippen LogP contribution is -2.53. The van der Waals surface area contributed by atoms with Crippen LogP contribution in [-0.2, 0) is 17.9 Å². The number of amides is 1. The van der Waals surface area contributed by atoms with Crippen LogP contribution in [0.15, 0.2) is 64.8 Å². The van der Waals surface area contributed by atoms with Crippen molar-refractivity contribution >= 4 is 11.9 Å². The molecule has 0 radical (unpaired) electrons. The van der Waals surface area contributed by atoms with Gasteiger partial charge in [-0.05, 0) is 35.7 Å². The molecule has 0 unspecified atom stereocenters. The molecular weight excluding hydrogens is 379 g/mol. The van der Waals surface area contributed by atoms with Gasteiger partial charge in [-0.1, -0.05) is 36.4 Å². The summed E-state index contributed by atoms with van der Waals surface area (Å²) in [6.07, 6.45) is 0.857. The number of nitrogens with zero attached hydrogens (tertiary/aromatic N) is 4. The highest BCUT2D eigenvalue weighted by Crippen LogP contribution is 2.32. The van der Waals surface area contributed by atoms with Crippen LogP contribution in [-0.4, -0.2) is 52.7 Å². The van der Waals surface area contributed by atoms with Crippen LogP contribution in [0, 0.1) is 12.7 Å². The molecule has 0 fully saturated rings. The lowest BCUT2D eigenvalue weighted by atomic mass is 9.99. The molecule has 0 aromatic heterocycles. The fraction of sp³-hybridized carbons (Fsp3) is 0.333. The SMILES string of the molecule is Cc1cc(F)ccc1CN1C(=O)C2=C(CCN(Cc3ccccc3)C2)N2CCN=C12. The Morgan fingerprint density at radius 2 is 1.90 bits per heavy atom. The van der Waals surface area contributed by atoms with Gasteiger partial charge >= 0.3 is 0 Å². The highest BCUT2D eigenvalue weighted by atomic mass is 19.1. The predicted octanol–water partition coefficient (Wildman–Crippen LogP) is 3.31. The third kappa shape index (κ3) is 3.41. The molecule has 6 heteroatoms. The van der Waals surface area contributed by atoms with Crippen molar-refractivity contribution in [3.63, 3.8) is 0 Å². The third-order valence-corrected chi connectivity index (χ3v) is 6.17. The van der Waals surface area contributed by atoms with Gasteiger partial charge in [0.1, 0.15) is 5.82 Å². The van der Waals surface area contributed by atoms with Crippen LogP contribution in [0.4, 0.5) is 4.39 Å². The van der Waals surface area contributed by atoms with Crippen molar-refractivity contribution in [2.24, 2.45) is 4.99 Å². The molecule has 0 bridgehead atoms. The molecule has 0 atom stereocenters. The van der Waals surface area contributed by atoms with Gasteiger partial charge in [0.05, 0.1) is 18.7 Å². The van der Waals surface area contributed by atoms with Crippen molar-refractivity contribution in [3.8, 4) is 0 Å². The molecule has 0 aliphatic carbocycles. The van der Waals surface area contributed by atoms with Crippen molar-refractivity contribution in [1.82, 2.24) is 14.7 Å². The number of hydrogen-bond acceptors (Lipinski definition) is 4. The lowest BCUT2D eigenvalue weighted by Gasteiger charge is -2.42. The summed E-state index contributed by atoms with van der Waals surface area (Å²) in [5.74, 6) is 0.525. The molecule has 0 spiro atoms. The average Bonchev–Trinajstić information content (AvgIpc) is 3.23. The Hall–Kier alpha value is -2.99. The second-order valence-electron chi connectivity index (χ2n) is 8.17. The maximum absolute atomic E-state index is 13.5. The first-order chi connectivity index (χ1) is 14.6. The highest BCUT2D eigenvalue weighted by Gasteiger charge is 2.41. The Kier molecular flexibility index (Phi) is 4.87. The summed E-state index contributed by atoms with van der Waals surface area (Å²) in [4.78, 5) is 24.5. The van der Waals surface area contributed by atoms with E-state index in [0.29, 0.717) is 19.6 Å². The van der Waals surface area contributed by atoms with Gasteiger partial charge in [-0.3, -0.25) is 19.6 Å². The molecule has 30 heavy (non-hydrogen) atoms. The molecular formula is C24H25FN4O. The van der Waals surface area contributed by atoms with Gasteiger partial charge in [-0.15, -0.1) is 0 Å². The average molecular weight is 404 g/mol. The normalized spacial score (nSPS) is 19.1. The van der Waals surface area contributed by atoms with Gasteiger partial charge in [-0.25, -0.2) is 4.39 Å². The van der Waals surface area contributed by atoms with E-state index in [1.807, 2.05) is 13.0 Å². The van der Waals surface area contributed by atoms with Crippen LogP contribution in [0.25, 0.3) is 0 Å². The minimum atomic E-state index is -0.255. The predicted molar refractivity (Wildman–Crippen MR) is 114 cm³/mol. The minimum Gasteiger partial charge on any atom is -0.314 e. The summed E-state index contributed by atoms with van der Waals surface area (Å²) < 4.78 is 13.5. The first-order valence-electron chi connectivity index (χ1n) is 10.5. The van der Waals surface area contributed by atoms with E-state index in [0.717, 1.165) is 54.4 Å². The smallest absolute Gasteiger partial charge is 0.259 e. The topological polar surface area (TPSA) is 39.2 Å². The number of fused-ring (bicyclic) bond motifs is 2. The van der Waals surface area contributed by atoms with Gasteiger partial charge < -0.3 is 4.90 Å². The molecule has 5 rings (SSSR count). The molecule has 3 aliphatic heterocycles. The van der Waals surface area contributed by atoms with Gasteiger partial charge in [0.2, 0.25) is 5.96 Å². The van der Waals surface area contributed by atoms with Gasteiger partial charge in [0.15, 0.2) is 0 Å². The Morgan fingerprint density at radius 3 is 2.70 bits per heavy atom. The van der Waals surface area contributed by atoms with Crippen molar-refractivity contribution in [2.45, 2.75) is 26.4 Å². The highest BCUT2D eigenvalue weighted by molar-refractivity contribution is 6.09. The van der Waals surface area contributed by atoms with E-state index in [4.69, 9.17) is 0 Å². The summed E-state index contributed by atoms with van der Waals surface area (Å²) in [5.41, 5.74) is 5.06. The molecule has 0 N–H and O–H groups in total. The van der Waals surface area contributed by atoms with Gasteiger partial charge in [0.25, 0.3) is 5.91 Å². The Labute approximate surface area is 176 Å². The first kappa shape index (κ1) is 19.0. The summed E-state index contributed by atoms with van der Waals surface area (Å²) in [7, 11) is 0. The molecule has 154 valence electrons. The van der Waals surface area contributed by atoms with E-state index >= 15 is 0 Å². The van der Waals surface area contributed by atoms with E-state index in [-0.39, 0.29) is 11.7 Å². The van der Waals surface area contributed by atoms with Crippen molar-refractivity contribution in [1.29, 1.82) is 0 Å². The maximum Gasteiger partial charge on any atom is 0.259 e. The van der Waals surface area contributed by atoms with Crippen molar-refractivity contribution in [3.05, 3.63) is 82.3 Å². The van der Waals surface area contributed by atoms with Crippen LogP contribution in [0.5, 0.6) is 0 Å². The first-order valence-corrected chi connectivity index (χ1v) is 10.5. The number of aryl methyl sites for hydroxylation is 1. The summed E-state index contributed by atoms with van der Waals surface area (Å²) in [6.45, 7) is 6.23. The van der Waals surface area contributed by atoms with E-state index in [1.165, 1.54) is 17.7 Å². The summed E-state index contributed by atoms with van der Waals surface area (Å²) in [6, 6.07) is 15.1. The number of rotatable bonds is 4. The molecule has 3 heterocycles. The van der Waals surface area contributed by atoms with Gasteiger partial charge in [0, 0.05) is 38.3 Å². The largest absolute Gasteiger partial charge is 0.314 e. The number of benzene rings is 2. The van der Waals surface area contributed by atoms with Crippen LogP contribution in [0.3, 0.4) is 0 Å². The number of carbonyl (C=O) groups is 1. The zero-order valence-corrected chi connectivity index (χ0v) is 17.1. The number of hydrogen-bond donors (Lipinski definition) is 0. The quantitative estimate of drug-likeness (QED) is 0.785. The Bertz CT molecular complexity index is 1050. The molecule has 1 amide bonds. The maximum atomic E-state index is 13.5. The van der Waals surface area contributed by atoms with Crippen LogP contribution < -0.4 is 0 Å². The second-order valence-corrected chi connectivity index (χ2v) is 8.17. The van der Waals surface area contributed by atoms with E-state index < -0.39 is 0 Å². The van der Waals surface area contributed by atoms with Crippen molar-refractivity contribution < 1.29 is 9.18 Å². The monoisotopic (exact) mass is 404 g/mol. The van der Waals surface area contributed by atoms with E-state index in [1.54, 1.807) is 11.0 Å². The Morgan fingerprint density at radius 1 is 1.07 bits per heavy atom. The van der Waals surface area contributed by atoms with Crippen LogP contribution >= 0.6 is 0 Å².